The van der Waals surface area contributed by atoms with Gasteiger partial charge in [0.2, 0.25) is 0 Å². The standard InChI is InChI=1S/C9H10I2O/c1-9(2,11)6-3-4-7(10)8(12)5-6/h3-5,12H,1-2H3. The predicted octanol–water partition coefficient (Wildman–Crippen LogP) is 3.67. The normalized spacial score (nSPS) is 11.7. The lowest BCUT2D eigenvalue weighted by Gasteiger charge is -2.17. The smallest absolute Gasteiger partial charge is 0.129 e. The van der Waals surface area contributed by atoms with E-state index in [1.807, 2.05) is 18.2 Å². The first kappa shape index (κ1) is 10.6. The topological polar surface area (TPSA) is 20.2 Å². The lowest BCUT2D eigenvalue weighted by atomic mass is 10.0. The summed E-state index contributed by atoms with van der Waals surface area (Å²) in [6, 6.07) is 5.81. The molecular formula is C9H10I2O. The van der Waals surface area contributed by atoms with E-state index < -0.39 is 0 Å². The van der Waals surface area contributed by atoms with Gasteiger partial charge in [-0.3, -0.25) is 0 Å². The van der Waals surface area contributed by atoms with Gasteiger partial charge in [0.05, 0.1) is 3.57 Å². The van der Waals surface area contributed by atoms with Crippen molar-refractivity contribution < 1.29 is 5.11 Å². The SMILES string of the molecule is CC(C)(I)c1ccc(I)c(O)c1. The second-order valence-electron chi connectivity index (χ2n) is 3.14. The maximum absolute atomic E-state index is 9.45. The van der Waals surface area contributed by atoms with Crippen LogP contribution in [0.5, 0.6) is 5.75 Å². The fraction of sp³-hybridized carbons (Fsp3) is 0.333. The van der Waals surface area contributed by atoms with Gasteiger partial charge in [0.1, 0.15) is 5.75 Å². The van der Waals surface area contributed by atoms with Crippen LogP contribution in [-0.2, 0) is 3.42 Å². The van der Waals surface area contributed by atoms with Crippen molar-refractivity contribution in [2.75, 3.05) is 0 Å². The number of hydrogen-bond donors (Lipinski definition) is 1. The van der Waals surface area contributed by atoms with E-state index in [1.165, 1.54) is 0 Å². The zero-order valence-corrected chi connectivity index (χ0v) is 11.3. The molecule has 3 heteroatoms. The summed E-state index contributed by atoms with van der Waals surface area (Å²) in [7, 11) is 0. The summed E-state index contributed by atoms with van der Waals surface area (Å²) in [4.78, 5) is 0. The number of aromatic hydroxyl groups is 1. The van der Waals surface area contributed by atoms with E-state index >= 15 is 0 Å². The Kier molecular flexibility index (Phi) is 3.25. The minimum atomic E-state index is 0.0829. The van der Waals surface area contributed by atoms with Crippen LogP contribution in [-0.4, -0.2) is 5.11 Å². The Balaban J connectivity index is 3.14. The maximum atomic E-state index is 9.45. The molecule has 0 amide bonds. The van der Waals surface area contributed by atoms with Crippen LogP contribution in [0.25, 0.3) is 0 Å². The van der Waals surface area contributed by atoms with E-state index in [4.69, 9.17) is 0 Å². The number of benzene rings is 1. The quantitative estimate of drug-likeness (QED) is 0.575. The van der Waals surface area contributed by atoms with Gasteiger partial charge in [-0.25, -0.2) is 0 Å². The van der Waals surface area contributed by atoms with Crippen LogP contribution in [0.2, 0.25) is 0 Å². The van der Waals surface area contributed by atoms with Gasteiger partial charge >= 0.3 is 0 Å². The highest BCUT2D eigenvalue weighted by molar-refractivity contribution is 14.1. The van der Waals surface area contributed by atoms with Gasteiger partial charge in [0, 0.05) is 3.42 Å². The molecule has 12 heavy (non-hydrogen) atoms. The average molecular weight is 388 g/mol. The molecule has 0 atom stereocenters. The summed E-state index contributed by atoms with van der Waals surface area (Å²) in [6.07, 6.45) is 0. The van der Waals surface area contributed by atoms with Gasteiger partial charge in [0.25, 0.3) is 0 Å². The molecule has 1 aromatic carbocycles. The molecule has 0 aromatic heterocycles. The van der Waals surface area contributed by atoms with Crippen molar-refractivity contribution in [1.29, 1.82) is 0 Å². The molecule has 66 valence electrons. The molecule has 0 spiro atoms. The third-order valence-electron chi connectivity index (χ3n) is 1.63. The molecule has 0 unspecified atom stereocenters. The molecule has 0 radical (unpaired) electrons. The summed E-state index contributed by atoms with van der Waals surface area (Å²) >= 11 is 4.47. The molecule has 0 heterocycles. The molecule has 0 saturated carbocycles. The van der Waals surface area contributed by atoms with Gasteiger partial charge in [0.15, 0.2) is 0 Å². The van der Waals surface area contributed by atoms with Crippen molar-refractivity contribution in [3.63, 3.8) is 0 Å². The molecule has 0 saturated heterocycles. The molecule has 1 rings (SSSR count). The maximum Gasteiger partial charge on any atom is 0.129 e. The number of hydrogen-bond acceptors (Lipinski definition) is 1. The van der Waals surface area contributed by atoms with E-state index in [0.29, 0.717) is 5.75 Å². The second-order valence-corrected chi connectivity index (χ2v) is 7.00. The van der Waals surface area contributed by atoms with Crippen LogP contribution in [0.15, 0.2) is 18.2 Å². The minimum absolute atomic E-state index is 0.0829. The van der Waals surface area contributed by atoms with Crippen LogP contribution >= 0.6 is 45.2 Å². The summed E-state index contributed by atoms with van der Waals surface area (Å²) in [5.74, 6) is 0.373. The zero-order valence-electron chi connectivity index (χ0n) is 6.94. The Morgan fingerprint density at radius 1 is 1.33 bits per heavy atom. The van der Waals surface area contributed by atoms with Gasteiger partial charge in [-0.1, -0.05) is 28.7 Å². The van der Waals surface area contributed by atoms with E-state index in [1.54, 1.807) is 0 Å². The number of halogens is 2. The number of rotatable bonds is 1. The molecule has 0 fully saturated rings. The lowest BCUT2D eigenvalue weighted by molar-refractivity contribution is 0.470. The van der Waals surface area contributed by atoms with Gasteiger partial charge in [-0.15, -0.1) is 0 Å². The molecule has 0 aliphatic carbocycles. The fourth-order valence-electron chi connectivity index (χ4n) is 0.882. The van der Waals surface area contributed by atoms with Crippen molar-refractivity contribution in [2.45, 2.75) is 17.3 Å². The molecule has 0 aliphatic heterocycles. The predicted molar refractivity (Wildman–Crippen MR) is 67.9 cm³/mol. The largest absolute Gasteiger partial charge is 0.507 e. The Hall–Kier alpha value is 0.480. The van der Waals surface area contributed by atoms with Crippen molar-refractivity contribution in [3.8, 4) is 5.75 Å². The summed E-state index contributed by atoms with van der Waals surface area (Å²) < 4.78 is 0.983. The van der Waals surface area contributed by atoms with Crippen molar-refractivity contribution in [2.24, 2.45) is 0 Å². The third kappa shape index (κ3) is 2.48. The van der Waals surface area contributed by atoms with E-state index in [9.17, 15) is 5.11 Å². The molecule has 1 N–H and O–H groups in total. The van der Waals surface area contributed by atoms with Crippen molar-refractivity contribution >= 4 is 45.2 Å². The number of alkyl halides is 1. The summed E-state index contributed by atoms with van der Waals surface area (Å²) in [6.45, 7) is 4.24. The second kappa shape index (κ2) is 3.69. The van der Waals surface area contributed by atoms with E-state index in [0.717, 1.165) is 9.13 Å². The lowest BCUT2D eigenvalue weighted by Crippen LogP contribution is -2.05. The van der Waals surface area contributed by atoms with Crippen LogP contribution in [0.1, 0.15) is 19.4 Å². The van der Waals surface area contributed by atoms with Gasteiger partial charge in [-0.05, 0) is 54.1 Å². The van der Waals surface area contributed by atoms with Crippen LogP contribution in [0.3, 0.4) is 0 Å². The highest BCUT2D eigenvalue weighted by Crippen LogP contribution is 2.33. The average Bonchev–Trinajstić information content (AvgIpc) is 1.92. The van der Waals surface area contributed by atoms with Gasteiger partial charge in [-0.2, -0.15) is 0 Å². The summed E-state index contributed by atoms with van der Waals surface area (Å²) in [5, 5.41) is 9.45. The molecule has 0 bridgehead atoms. The molecule has 1 aromatic rings. The summed E-state index contributed by atoms with van der Waals surface area (Å²) in [5.41, 5.74) is 1.15. The monoisotopic (exact) mass is 388 g/mol. The molecule has 1 nitrogen and oxygen atoms in total. The third-order valence-corrected chi connectivity index (χ3v) is 3.17. The fourth-order valence-corrected chi connectivity index (χ4v) is 1.55. The first-order chi connectivity index (χ1) is 5.41. The van der Waals surface area contributed by atoms with E-state index in [2.05, 4.69) is 59.0 Å². The first-order valence-electron chi connectivity index (χ1n) is 3.59. The number of phenols is 1. The van der Waals surface area contributed by atoms with Crippen molar-refractivity contribution in [3.05, 3.63) is 27.3 Å². The number of phenolic OH excluding ortho intramolecular Hbond substituents is 1. The Labute approximate surface area is 99.8 Å². The van der Waals surface area contributed by atoms with E-state index in [-0.39, 0.29) is 3.42 Å². The minimum Gasteiger partial charge on any atom is -0.507 e. The van der Waals surface area contributed by atoms with Crippen molar-refractivity contribution in [1.82, 2.24) is 0 Å². The zero-order chi connectivity index (χ0) is 9.35. The Morgan fingerprint density at radius 2 is 1.92 bits per heavy atom. The molecule has 0 aliphatic rings. The Morgan fingerprint density at radius 3 is 2.33 bits per heavy atom. The molecular weight excluding hydrogens is 378 g/mol. The highest BCUT2D eigenvalue weighted by Gasteiger charge is 2.16. The first-order valence-corrected chi connectivity index (χ1v) is 5.75. The Bertz CT molecular complexity index is 289. The van der Waals surface area contributed by atoms with Crippen LogP contribution < -0.4 is 0 Å². The van der Waals surface area contributed by atoms with Gasteiger partial charge < -0.3 is 5.11 Å². The van der Waals surface area contributed by atoms with Crippen LogP contribution in [0, 0.1) is 3.57 Å². The van der Waals surface area contributed by atoms with Crippen LogP contribution in [0.4, 0.5) is 0 Å². The highest BCUT2D eigenvalue weighted by atomic mass is 127.